The van der Waals surface area contributed by atoms with Crippen molar-refractivity contribution in [2.45, 2.75) is 13.0 Å². The van der Waals surface area contributed by atoms with Gasteiger partial charge in [-0.25, -0.2) is 0 Å². The molecule has 0 saturated carbocycles. The van der Waals surface area contributed by atoms with Gasteiger partial charge in [-0.15, -0.1) is 0 Å². The number of carbonyl (C=O) groups is 1. The number of piperazine rings is 1. The maximum atomic E-state index is 12.4. The number of amides is 1. The first-order valence-electron chi connectivity index (χ1n) is 7.95. The van der Waals surface area contributed by atoms with E-state index in [9.17, 15) is 4.79 Å². The molecular weight excluding hydrogens is 288 g/mol. The smallest absolute Gasteiger partial charge is 0.228 e. The number of nitrogens with two attached hydrogens (primary N) is 1. The Bertz CT molecular complexity index is 634. The van der Waals surface area contributed by atoms with Gasteiger partial charge in [-0.2, -0.15) is 0 Å². The van der Waals surface area contributed by atoms with Gasteiger partial charge in [-0.3, -0.25) is 14.7 Å². The highest BCUT2D eigenvalue weighted by atomic mass is 16.2. The molecule has 1 fully saturated rings. The Balaban J connectivity index is 1.48. The maximum absolute atomic E-state index is 12.4. The zero-order valence-corrected chi connectivity index (χ0v) is 13.2. The van der Waals surface area contributed by atoms with Gasteiger partial charge < -0.3 is 10.6 Å². The van der Waals surface area contributed by atoms with E-state index in [4.69, 9.17) is 5.73 Å². The fraction of sp³-hybridized carbons (Fsp3) is 0.333. The summed E-state index contributed by atoms with van der Waals surface area (Å²) in [7, 11) is 0. The van der Waals surface area contributed by atoms with Crippen LogP contribution in [0.15, 0.2) is 48.7 Å². The molecule has 1 aromatic heterocycles. The third-order valence-electron chi connectivity index (χ3n) is 4.15. The summed E-state index contributed by atoms with van der Waals surface area (Å²) in [4.78, 5) is 20.9. The van der Waals surface area contributed by atoms with Crippen molar-refractivity contribution in [3.05, 3.63) is 59.9 Å². The normalized spacial score (nSPS) is 15.6. The van der Waals surface area contributed by atoms with E-state index in [1.54, 1.807) is 12.3 Å². The predicted octanol–water partition coefficient (Wildman–Crippen LogP) is 1.55. The van der Waals surface area contributed by atoms with E-state index in [0.29, 0.717) is 12.1 Å². The summed E-state index contributed by atoms with van der Waals surface area (Å²) in [6.07, 6.45) is 1.94. The summed E-state index contributed by atoms with van der Waals surface area (Å²) in [5.41, 5.74) is 8.33. The first-order valence-corrected chi connectivity index (χ1v) is 7.95. The molecule has 1 amide bonds. The Morgan fingerprint density at radius 3 is 2.43 bits per heavy atom. The molecule has 3 rings (SSSR count). The number of nitrogens with zero attached hydrogens (tertiary/aromatic N) is 3. The number of rotatable bonds is 4. The molecule has 0 spiro atoms. The van der Waals surface area contributed by atoms with Gasteiger partial charge >= 0.3 is 0 Å². The second-order valence-corrected chi connectivity index (χ2v) is 5.90. The molecule has 5 nitrogen and oxygen atoms in total. The summed E-state index contributed by atoms with van der Waals surface area (Å²) in [6.45, 7) is 4.33. The average molecular weight is 310 g/mol. The number of aromatic nitrogens is 1. The highest BCUT2D eigenvalue weighted by Gasteiger charge is 2.21. The average Bonchev–Trinajstić information content (AvgIpc) is 2.58. The van der Waals surface area contributed by atoms with Crippen molar-refractivity contribution in [1.29, 1.82) is 0 Å². The van der Waals surface area contributed by atoms with Gasteiger partial charge in [0.15, 0.2) is 0 Å². The van der Waals surface area contributed by atoms with Gasteiger partial charge in [-0.05, 0) is 17.7 Å². The van der Waals surface area contributed by atoms with E-state index < -0.39 is 0 Å². The van der Waals surface area contributed by atoms with Crippen LogP contribution in [-0.4, -0.2) is 46.9 Å². The van der Waals surface area contributed by atoms with Crippen molar-refractivity contribution in [1.82, 2.24) is 14.8 Å². The van der Waals surface area contributed by atoms with E-state index in [0.717, 1.165) is 38.4 Å². The second-order valence-electron chi connectivity index (χ2n) is 5.90. The van der Waals surface area contributed by atoms with Crippen LogP contribution >= 0.6 is 0 Å². The van der Waals surface area contributed by atoms with Gasteiger partial charge in [0, 0.05) is 38.4 Å². The lowest BCUT2D eigenvalue weighted by molar-refractivity contribution is -0.132. The number of hydrogen-bond donors (Lipinski definition) is 1. The minimum atomic E-state index is 0.140. The molecule has 1 aliphatic heterocycles. The summed E-state index contributed by atoms with van der Waals surface area (Å²) in [6, 6.07) is 14.1. The number of carbonyl (C=O) groups excluding carboxylic acids is 1. The molecule has 5 heteroatoms. The minimum Gasteiger partial charge on any atom is -0.397 e. The lowest BCUT2D eigenvalue weighted by Gasteiger charge is -2.34. The van der Waals surface area contributed by atoms with Gasteiger partial charge in [0.25, 0.3) is 0 Å². The van der Waals surface area contributed by atoms with E-state index >= 15 is 0 Å². The largest absolute Gasteiger partial charge is 0.397 e. The Morgan fingerprint density at radius 2 is 1.78 bits per heavy atom. The molecule has 0 bridgehead atoms. The van der Waals surface area contributed by atoms with E-state index in [-0.39, 0.29) is 5.91 Å². The first kappa shape index (κ1) is 15.5. The molecule has 1 aliphatic rings. The summed E-state index contributed by atoms with van der Waals surface area (Å²) in [5, 5.41) is 0. The van der Waals surface area contributed by atoms with Crippen LogP contribution in [0, 0.1) is 0 Å². The van der Waals surface area contributed by atoms with Crippen molar-refractivity contribution < 1.29 is 4.79 Å². The quantitative estimate of drug-likeness (QED) is 0.931. The third-order valence-corrected chi connectivity index (χ3v) is 4.15. The maximum Gasteiger partial charge on any atom is 0.228 e. The fourth-order valence-corrected chi connectivity index (χ4v) is 2.80. The first-order chi connectivity index (χ1) is 11.2. The van der Waals surface area contributed by atoms with E-state index in [1.807, 2.05) is 17.0 Å². The predicted molar refractivity (Wildman–Crippen MR) is 90.7 cm³/mol. The number of benzene rings is 1. The van der Waals surface area contributed by atoms with E-state index in [1.165, 1.54) is 5.56 Å². The monoisotopic (exact) mass is 310 g/mol. The zero-order valence-electron chi connectivity index (χ0n) is 13.2. The van der Waals surface area contributed by atoms with Crippen molar-refractivity contribution in [3.8, 4) is 0 Å². The summed E-state index contributed by atoms with van der Waals surface area (Å²) >= 11 is 0. The minimum absolute atomic E-state index is 0.140. The molecule has 120 valence electrons. The van der Waals surface area contributed by atoms with Crippen LogP contribution in [-0.2, 0) is 17.8 Å². The van der Waals surface area contributed by atoms with Crippen LogP contribution in [0.1, 0.15) is 11.3 Å². The van der Waals surface area contributed by atoms with Crippen LogP contribution < -0.4 is 5.73 Å². The molecule has 0 unspecified atom stereocenters. The lowest BCUT2D eigenvalue weighted by Crippen LogP contribution is -2.48. The Hall–Kier alpha value is -2.40. The van der Waals surface area contributed by atoms with Crippen LogP contribution in [0.2, 0.25) is 0 Å². The van der Waals surface area contributed by atoms with Crippen molar-refractivity contribution in [2.24, 2.45) is 0 Å². The highest BCUT2D eigenvalue weighted by molar-refractivity contribution is 5.78. The molecule has 0 atom stereocenters. The summed E-state index contributed by atoms with van der Waals surface area (Å²) in [5.74, 6) is 0.140. The Morgan fingerprint density at radius 1 is 1.04 bits per heavy atom. The number of hydrogen-bond acceptors (Lipinski definition) is 4. The molecule has 0 aliphatic carbocycles. The molecule has 0 radical (unpaired) electrons. The molecule has 2 aromatic rings. The zero-order chi connectivity index (χ0) is 16.1. The topological polar surface area (TPSA) is 62.5 Å². The van der Waals surface area contributed by atoms with Gasteiger partial charge in [0.05, 0.1) is 18.3 Å². The number of nitrogen functional groups attached to an aromatic ring is 1. The van der Waals surface area contributed by atoms with Gasteiger partial charge in [-0.1, -0.05) is 30.3 Å². The highest BCUT2D eigenvalue weighted by Crippen LogP contribution is 2.10. The molecule has 23 heavy (non-hydrogen) atoms. The Labute approximate surface area is 136 Å². The Kier molecular flexibility index (Phi) is 4.88. The molecular formula is C18H22N4O. The van der Waals surface area contributed by atoms with Gasteiger partial charge in [0.1, 0.15) is 0 Å². The molecule has 2 heterocycles. The van der Waals surface area contributed by atoms with Crippen LogP contribution in [0.3, 0.4) is 0 Å². The number of anilines is 1. The van der Waals surface area contributed by atoms with E-state index in [2.05, 4.69) is 34.1 Å². The van der Waals surface area contributed by atoms with Crippen LogP contribution in [0.5, 0.6) is 0 Å². The van der Waals surface area contributed by atoms with Crippen molar-refractivity contribution in [2.75, 3.05) is 31.9 Å². The number of pyridine rings is 1. The van der Waals surface area contributed by atoms with Crippen molar-refractivity contribution in [3.63, 3.8) is 0 Å². The SMILES string of the molecule is Nc1ccc(CC(=O)N2CCN(Cc3ccccc3)CC2)nc1. The van der Waals surface area contributed by atoms with Crippen LogP contribution in [0.4, 0.5) is 5.69 Å². The van der Waals surface area contributed by atoms with Gasteiger partial charge in [0.2, 0.25) is 5.91 Å². The van der Waals surface area contributed by atoms with Crippen LogP contribution in [0.25, 0.3) is 0 Å². The lowest BCUT2D eigenvalue weighted by atomic mass is 10.2. The second kappa shape index (κ2) is 7.24. The molecule has 1 saturated heterocycles. The standard InChI is InChI=1S/C18H22N4O/c19-16-6-7-17(20-13-16)12-18(23)22-10-8-21(9-11-22)14-15-4-2-1-3-5-15/h1-7,13H,8-12,14,19H2. The molecule has 1 aromatic carbocycles. The summed E-state index contributed by atoms with van der Waals surface area (Å²) < 4.78 is 0. The molecule has 2 N–H and O–H groups in total. The van der Waals surface area contributed by atoms with Crippen molar-refractivity contribution >= 4 is 11.6 Å². The third kappa shape index (κ3) is 4.29. The fourth-order valence-electron chi connectivity index (χ4n) is 2.80.